The average Bonchev–Trinajstić information content (AvgIpc) is 2.44. The molecule has 0 bridgehead atoms. The molecule has 0 spiro atoms. The molecule has 0 aliphatic carbocycles. The van der Waals surface area contributed by atoms with Gasteiger partial charge in [0, 0.05) is 6.42 Å². The molecule has 0 heterocycles. The lowest BCUT2D eigenvalue weighted by Crippen LogP contribution is -2.51. The van der Waals surface area contributed by atoms with E-state index in [0.29, 0.717) is 18.6 Å². The van der Waals surface area contributed by atoms with E-state index in [1.807, 2.05) is 0 Å². The van der Waals surface area contributed by atoms with Gasteiger partial charge in [-0.3, -0.25) is 4.79 Å². The first kappa shape index (κ1) is 17.4. The van der Waals surface area contributed by atoms with Gasteiger partial charge in [0.1, 0.15) is 5.54 Å². The van der Waals surface area contributed by atoms with Crippen LogP contribution < -0.4 is 10.1 Å². The molecule has 4 nitrogen and oxygen atoms in total. The Kier molecular flexibility index (Phi) is 6.15. The van der Waals surface area contributed by atoms with Crippen molar-refractivity contribution in [3.63, 3.8) is 0 Å². The second-order valence-corrected chi connectivity index (χ2v) is 5.32. The van der Waals surface area contributed by atoms with Gasteiger partial charge >= 0.3 is 5.97 Å². The van der Waals surface area contributed by atoms with E-state index in [0.717, 1.165) is 0 Å². The van der Waals surface area contributed by atoms with Crippen LogP contribution in [0.5, 0.6) is 5.75 Å². The number of nitrogens with one attached hydrogen (secondary N) is 1. The highest BCUT2D eigenvalue weighted by Gasteiger charge is 2.35. The lowest BCUT2D eigenvalue weighted by atomic mass is 9.95. The molecule has 1 aromatic carbocycles. The summed E-state index contributed by atoms with van der Waals surface area (Å²) in [4.78, 5) is 12.0. The summed E-state index contributed by atoms with van der Waals surface area (Å²) in [6.07, 6.45) is 0.0264. The third kappa shape index (κ3) is 4.43. The Labute approximate surface area is 125 Å². The molecule has 0 aliphatic rings. The standard InChI is InChI=1S/C16H24FNO3/c1-6-20-15(19)16(4,18-5)10-12(3)21-13-9-7-8-11(2)14(13)17/h7-9,12,18H,6,10H2,1-5H3. The van der Waals surface area contributed by atoms with Gasteiger partial charge in [-0.2, -0.15) is 0 Å². The highest BCUT2D eigenvalue weighted by molar-refractivity contribution is 5.80. The molecule has 2 atom stereocenters. The van der Waals surface area contributed by atoms with Gasteiger partial charge < -0.3 is 14.8 Å². The Bertz CT molecular complexity index is 492. The molecule has 118 valence electrons. The minimum Gasteiger partial charge on any atom is -0.488 e. The van der Waals surface area contributed by atoms with Crippen LogP contribution in [0.1, 0.15) is 32.8 Å². The van der Waals surface area contributed by atoms with Crippen molar-refractivity contribution in [3.05, 3.63) is 29.6 Å². The van der Waals surface area contributed by atoms with Gasteiger partial charge in [-0.05, 0) is 46.4 Å². The van der Waals surface area contributed by atoms with Gasteiger partial charge in [-0.1, -0.05) is 12.1 Å². The minimum atomic E-state index is -0.865. The van der Waals surface area contributed by atoms with Crippen molar-refractivity contribution in [2.75, 3.05) is 13.7 Å². The van der Waals surface area contributed by atoms with Crippen LogP contribution in [0.15, 0.2) is 18.2 Å². The summed E-state index contributed by atoms with van der Waals surface area (Å²) < 4.78 is 24.6. The first-order chi connectivity index (χ1) is 9.84. The van der Waals surface area contributed by atoms with Crippen LogP contribution in [0, 0.1) is 12.7 Å². The molecule has 0 radical (unpaired) electrons. The quantitative estimate of drug-likeness (QED) is 0.786. The van der Waals surface area contributed by atoms with E-state index in [1.54, 1.807) is 52.9 Å². The molecule has 0 amide bonds. The van der Waals surface area contributed by atoms with Gasteiger partial charge in [0.25, 0.3) is 0 Å². The van der Waals surface area contributed by atoms with Crippen LogP contribution in [-0.2, 0) is 9.53 Å². The molecule has 0 aliphatic heterocycles. The minimum absolute atomic E-state index is 0.199. The molecular weight excluding hydrogens is 273 g/mol. The summed E-state index contributed by atoms with van der Waals surface area (Å²) in [6.45, 7) is 7.31. The fraction of sp³-hybridized carbons (Fsp3) is 0.562. The maximum Gasteiger partial charge on any atom is 0.326 e. The fourth-order valence-corrected chi connectivity index (χ4v) is 2.12. The summed E-state index contributed by atoms with van der Waals surface area (Å²) in [5.74, 6) is -0.510. The van der Waals surface area contributed by atoms with E-state index >= 15 is 0 Å². The van der Waals surface area contributed by atoms with Crippen molar-refractivity contribution in [2.24, 2.45) is 0 Å². The number of carbonyl (C=O) groups excluding carboxylic acids is 1. The van der Waals surface area contributed by atoms with E-state index in [2.05, 4.69) is 5.32 Å². The van der Waals surface area contributed by atoms with E-state index < -0.39 is 5.54 Å². The molecule has 1 N–H and O–H groups in total. The van der Waals surface area contributed by atoms with E-state index in [-0.39, 0.29) is 23.6 Å². The molecule has 0 saturated heterocycles. The SMILES string of the molecule is CCOC(=O)C(C)(CC(C)Oc1cccc(C)c1F)NC. The number of esters is 1. The molecule has 1 rings (SSSR count). The third-order valence-corrected chi connectivity index (χ3v) is 3.46. The van der Waals surface area contributed by atoms with E-state index in [1.165, 1.54) is 0 Å². The van der Waals surface area contributed by atoms with Gasteiger partial charge in [-0.15, -0.1) is 0 Å². The maximum absolute atomic E-state index is 13.9. The van der Waals surface area contributed by atoms with Crippen LogP contribution in [-0.4, -0.2) is 31.3 Å². The number of likely N-dealkylation sites (N-methyl/N-ethyl adjacent to an activating group) is 1. The maximum atomic E-state index is 13.9. The molecule has 21 heavy (non-hydrogen) atoms. The van der Waals surface area contributed by atoms with Crippen molar-refractivity contribution in [1.82, 2.24) is 5.32 Å². The summed E-state index contributed by atoms with van der Waals surface area (Å²) in [7, 11) is 1.69. The Morgan fingerprint density at radius 3 is 2.71 bits per heavy atom. The summed E-state index contributed by atoms with van der Waals surface area (Å²) in [6, 6.07) is 5.01. The highest BCUT2D eigenvalue weighted by Crippen LogP contribution is 2.24. The predicted octanol–water partition coefficient (Wildman–Crippen LogP) is 2.83. The Morgan fingerprint density at radius 1 is 1.48 bits per heavy atom. The molecule has 2 unspecified atom stereocenters. The number of hydrogen-bond donors (Lipinski definition) is 1. The number of benzene rings is 1. The number of halogens is 1. The molecule has 0 aromatic heterocycles. The predicted molar refractivity (Wildman–Crippen MR) is 79.9 cm³/mol. The second-order valence-electron chi connectivity index (χ2n) is 5.32. The van der Waals surface area contributed by atoms with Crippen molar-refractivity contribution >= 4 is 5.97 Å². The zero-order valence-electron chi connectivity index (χ0n) is 13.3. The Balaban J connectivity index is 2.77. The fourth-order valence-electron chi connectivity index (χ4n) is 2.12. The monoisotopic (exact) mass is 297 g/mol. The molecule has 5 heteroatoms. The normalized spacial score (nSPS) is 15.1. The average molecular weight is 297 g/mol. The van der Waals surface area contributed by atoms with Gasteiger partial charge in [-0.25, -0.2) is 4.39 Å². The molecule has 1 aromatic rings. The first-order valence-electron chi connectivity index (χ1n) is 7.12. The summed E-state index contributed by atoms with van der Waals surface area (Å²) in [5.41, 5.74) is -0.336. The summed E-state index contributed by atoms with van der Waals surface area (Å²) >= 11 is 0. The van der Waals surface area contributed by atoms with Gasteiger partial charge in [0.05, 0.1) is 12.7 Å². The van der Waals surface area contributed by atoms with Crippen LogP contribution in [0.4, 0.5) is 4.39 Å². The smallest absolute Gasteiger partial charge is 0.326 e. The largest absolute Gasteiger partial charge is 0.488 e. The lowest BCUT2D eigenvalue weighted by Gasteiger charge is -2.29. The molecule has 0 fully saturated rings. The van der Waals surface area contributed by atoms with Crippen molar-refractivity contribution in [2.45, 2.75) is 45.8 Å². The van der Waals surface area contributed by atoms with Gasteiger partial charge in [0.15, 0.2) is 11.6 Å². The van der Waals surface area contributed by atoms with Crippen molar-refractivity contribution in [3.8, 4) is 5.75 Å². The van der Waals surface area contributed by atoms with Crippen LogP contribution in [0.2, 0.25) is 0 Å². The van der Waals surface area contributed by atoms with Gasteiger partial charge in [0.2, 0.25) is 0 Å². The zero-order chi connectivity index (χ0) is 16.0. The number of ether oxygens (including phenoxy) is 2. The third-order valence-electron chi connectivity index (χ3n) is 3.46. The van der Waals surface area contributed by atoms with Crippen LogP contribution in [0.3, 0.4) is 0 Å². The number of rotatable bonds is 7. The zero-order valence-corrected chi connectivity index (χ0v) is 13.3. The number of carbonyl (C=O) groups is 1. The molecule has 0 saturated carbocycles. The van der Waals surface area contributed by atoms with Crippen LogP contribution >= 0.6 is 0 Å². The Hall–Kier alpha value is -1.62. The topological polar surface area (TPSA) is 47.6 Å². The number of hydrogen-bond acceptors (Lipinski definition) is 4. The lowest BCUT2D eigenvalue weighted by molar-refractivity contribution is -0.151. The van der Waals surface area contributed by atoms with E-state index in [9.17, 15) is 9.18 Å². The van der Waals surface area contributed by atoms with E-state index in [4.69, 9.17) is 9.47 Å². The first-order valence-corrected chi connectivity index (χ1v) is 7.12. The van der Waals surface area contributed by atoms with Crippen molar-refractivity contribution in [1.29, 1.82) is 0 Å². The molecular formula is C16H24FNO3. The second kappa shape index (κ2) is 7.41. The number of aryl methyl sites for hydroxylation is 1. The Morgan fingerprint density at radius 2 is 2.14 bits per heavy atom. The highest BCUT2D eigenvalue weighted by atomic mass is 19.1. The summed E-state index contributed by atoms with van der Waals surface area (Å²) in [5, 5.41) is 2.96. The van der Waals surface area contributed by atoms with Crippen LogP contribution in [0.25, 0.3) is 0 Å². The van der Waals surface area contributed by atoms with Crippen molar-refractivity contribution < 1.29 is 18.7 Å².